The standard InChI is InChI=1S/C9H16F3NO2S/c1-13(6-9(10,11)12)7-4-3-5-8(7)16(2,14)15/h7-8H,3-6H2,1-2H3. The molecule has 0 aromatic rings. The first-order chi connectivity index (χ1) is 7.11. The van der Waals surface area contributed by atoms with Gasteiger partial charge in [0.2, 0.25) is 0 Å². The van der Waals surface area contributed by atoms with E-state index < -0.39 is 33.9 Å². The molecule has 2 atom stereocenters. The van der Waals surface area contributed by atoms with Gasteiger partial charge in [-0.05, 0) is 19.9 Å². The summed E-state index contributed by atoms with van der Waals surface area (Å²) in [4.78, 5) is 1.11. The van der Waals surface area contributed by atoms with Gasteiger partial charge in [-0.25, -0.2) is 8.42 Å². The van der Waals surface area contributed by atoms with E-state index in [0.717, 1.165) is 11.2 Å². The maximum atomic E-state index is 12.2. The van der Waals surface area contributed by atoms with Crippen molar-refractivity contribution in [2.75, 3.05) is 19.8 Å². The van der Waals surface area contributed by atoms with Crippen LogP contribution < -0.4 is 0 Å². The minimum atomic E-state index is -4.28. The fraction of sp³-hybridized carbons (Fsp3) is 1.00. The molecule has 0 saturated heterocycles. The average molecular weight is 259 g/mol. The number of alkyl halides is 3. The number of sulfone groups is 1. The predicted octanol–water partition coefficient (Wildman–Crippen LogP) is 1.45. The molecule has 0 heterocycles. The van der Waals surface area contributed by atoms with E-state index in [0.29, 0.717) is 19.3 Å². The summed E-state index contributed by atoms with van der Waals surface area (Å²) in [6, 6.07) is -0.503. The van der Waals surface area contributed by atoms with Crippen molar-refractivity contribution in [1.29, 1.82) is 0 Å². The van der Waals surface area contributed by atoms with E-state index >= 15 is 0 Å². The molecule has 0 spiro atoms. The Morgan fingerprint density at radius 2 is 1.88 bits per heavy atom. The highest BCUT2D eigenvalue weighted by Crippen LogP contribution is 2.30. The number of halogens is 3. The third-order valence-electron chi connectivity index (χ3n) is 2.96. The van der Waals surface area contributed by atoms with Crippen LogP contribution in [-0.2, 0) is 9.84 Å². The quantitative estimate of drug-likeness (QED) is 0.769. The van der Waals surface area contributed by atoms with Crippen molar-refractivity contribution in [3.63, 3.8) is 0 Å². The van der Waals surface area contributed by atoms with Gasteiger partial charge in [0, 0.05) is 12.3 Å². The maximum absolute atomic E-state index is 12.2. The molecule has 0 N–H and O–H groups in total. The van der Waals surface area contributed by atoms with E-state index in [9.17, 15) is 21.6 Å². The normalized spacial score (nSPS) is 27.6. The van der Waals surface area contributed by atoms with Gasteiger partial charge >= 0.3 is 6.18 Å². The van der Waals surface area contributed by atoms with Gasteiger partial charge in [0.1, 0.15) is 0 Å². The van der Waals surface area contributed by atoms with Crippen LogP contribution in [-0.4, -0.2) is 50.6 Å². The Bertz CT molecular complexity index is 339. The molecule has 0 aromatic heterocycles. The Kier molecular flexibility index (Phi) is 3.89. The van der Waals surface area contributed by atoms with Crippen molar-refractivity contribution < 1.29 is 21.6 Å². The van der Waals surface area contributed by atoms with Crippen LogP contribution in [0.1, 0.15) is 19.3 Å². The summed E-state index contributed by atoms with van der Waals surface area (Å²) in [6.07, 6.45) is -1.53. The molecular formula is C9H16F3NO2S. The SMILES string of the molecule is CN(CC(F)(F)F)C1CCCC1S(C)(=O)=O. The van der Waals surface area contributed by atoms with Crippen LogP contribution in [0.25, 0.3) is 0 Å². The lowest BCUT2D eigenvalue weighted by Crippen LogP contribution is -2.45. The lowest BCUT2D eigenvalue weighted by molar-refractivity contribution is -0.147. The Balaban J connectivity index is 2.72. The molecule has 7 heteroatoms. The molecule has 0 aromatic carbocycles. The zero-order chi connectivity index (χ0) is 12.6. The van der Waals surface area contributed by atoms with Crippen molar-refractivity contribution in [2.24, 2.45) is 0 Å². The minimum Gasteiger partial charge on any atom is -0.294 e. The smallest absolute Gasteiger partial charge is 0.294 e. The monoisotopic (exact) mass is 259 g/mol. The Hall–Kier alpha value is -0.300. The van der Waals surface area contributed by atoms with E-state index in [2.05, 4.69) is 0 Å². The van der Waals surface area contributed by atoms with Gasteiger partial charge in [0.25, 0.3) is 0 Å². The molecule has 96 valence electrons. The molecule has 16 heavy (non-hydrogen) atoms. The molecule has 1 fully saturated rings. The summed E-state index contributed by atoms with van der Waals surface area (Å²) in [5.74, 6) is 0. The van der Waals surface area contributed by atoms with Crippen LogP contribution in [0.4, 0.5) is 13.2 Å². The molecule has 1 aliphatic rings. The molecule has 0 radical (unpaired) electrons. The Labute approximate surface area is 93.5 Å². The minimum absolute atomic E-state index is 0.464. The molecule has 0 amide bonds. The zero-order valence-electron chi connectivity index (χ0n) is 9.29. The number of hydrogen-bond donors (Lipinski definition) is 0. The van der Waals surface area contributed by atoms with Crippen LogP contribution in [0.2, 0.25) is 0 Å². The van der Waals surface area contributed by atoms with Gasteiger partial charge in [-0.15, -0.1) is 0 Å². The van der Waals surface area contributed by atoms with E-state index in [1.54, 1.807) is 0 Å². The number of hydrogen-bond acceptors (Lipinski definition) is 3. The molecule has 0 aliphatic heterocycles. The second kappa shape index (κ2) is 4.52. The van der Waals surface area contributed by atoms with E-state index in [1.165, 1.54) is 7.05 Å². The van der Waals surface area contributed by atoms with Crippen LogP contribution >= 0.6 is 0 Å². The van der Waals surface area contributed by atoms with Gasteiger partial charge in [0.15, 0.2) is 9.84 Å². The third-order valence-corrected chi connectivity index (χ3v) is 4.61. The van der Waals surface area contributed by atoms with Crippen molar-refractivity contribution in [3.05, 3.63) is 0 Å². The van der Waals surface area contributed by atoms with Crippen LogP contribution in [0.15, 0.2) is 0 Å². The van der Waals surface area contributed by atoms with Gasteiger partial charge in [-0.3, -0.25) is 4.90 Å². The largest absolute Gasteiger partial charge is 0.401 e. The third kappa shape index (κ3) is 3.62. The molecule has 2 unspecified atom stereocenters. The lowest BCUT2D eigenvalue weighted by Gasteiger charge is -2.29. The lowest BCUT2D eigenvalue weighted by atomic mass is 10.2. The summed E-state index contributed by atoms with van der Waals surface area (Å²) in [5, 5.41) is -0.653. The summed E-state index contributed by atoms with van der Waals surface area (Å²) in [6.45, 7) is -1.05. The van der Waals surface area contributed by atoms with Crippen molar-refractivity contribution in [3.8, 4) is 0 Å². The van der Waals surface area contributed by atoms with Gasteiger partial charge in [0.05, 0.1) is 11.8 Å². The first-order valence-corrected chi connectivity index (χ1v) is 7.02. The molecule has 1 saturated carbocycles. The van der Waals surface area contributed by atoms with Crippen molar-refractivity contribution in [1.82, 2.24) is 4.90 Å². The molecular weight excluding hydrogens is 243 g/mol. The van der Waals surface area contributed by atoms with E-state index in [4.69, 9.17) is 0 Å². The van der Waals surface area contributed by atoms with Gasteiger partial charge in [-0.1, -0.05) is 6.42 Å². The van der Waals surface area contributed by atoms with E-state index in [-0.39, 0.29) is 0 Å². The first kappa shape index (κ1) is 13.8. The molecule has 0 bridgehead atoms. The van der Waals surface area contributed by atoms with Gasteiger partial charge in [-0.2, -0.15) is 13.2 Å². The first-order valence-electron chi connectivity index (χ1n) is 5.07. The molecule has 3 nitrogen and oxygen atoms in total. The summed E-state index contributed by atoms with van der Waals surface area (Å²) >= 11 is 0. The second-order valence-corrected chi connectivity index (χ2v) is 6.66. The zero-order valence-corrected chi connectivity index (χ0v) is 10.1. The highest BCUT2D eigenvalue weighted by atomic mass is 32.2. The summed E-state index contributed by atoms with van der Waals surface area (Å²) in [5.41, 5.74) is 0. The maximum Gasteiger partial charge on any atom is 0.401 e. The van der Waals surface area contributed by atoms with Crippen molar-refractivity contribution >= 4 is 9.84 Å². The van der Waals surface area contributed by atoms with Gasteiger partial charge < -0.3 is 0 Å². The highest BCUT2D eigenvalue weighted by molar-refractivity contribution is 7.91. The van der Waals surface area contributed by atoms with Crippen LogP contribution in [0.5, 0.6) is 0 Å². The Morgan fingerprint density at radius 1 is 1.31 bits per heavy atom. The number of rotatable bonds is 3. The molecule has 1 rings (SSSR count). The fourth-order valence-electron chi connectivity index (χ4n) is 2.31. The van der Waals surface area contributed by atoms with Crippen molar-refractivity contribution in [2.45, 2.75) is 36.7 Å². The summed E-state index contributed by atoms with van der Waals surface area (Å²) in [7, 11) is -1.93. The Morgan fingerprint density at radius 3 is 2.31 bits per heavy atom. The van der Waals surface area contributed by atoms with Crippen LogP contribution in [0, 0.1) is 0 Å². The summed E-state index contributed by atoms with van der Waals surface area (Å²) < 4.78 is 59.4. The molecule has 1 aliphatic carbocycles. The average Bonchev–Trinajstić information content (AvgIpc) is 2.45. The predicted molar refractivity (Wildman–Crippen MR) is 55.0 cm³/mol. The highest BCUT2D eigenvalue weighted by Gasteiger charge is 2.40. The van der Waals surface area contributed by atoms with E-state index in [1.807, 2.05) is 0 Å². The fourth-order valence-corrected chi connectivity index (χ4v) is 3.82. The number of nitrogens with zero attached hydrogens (tertiary/aromatic N) is 1. The topological polar surface area (TPSA) is 37.4 Å². The van der Waals surface area contributed by atoms with Crippen LogP contribution in [0.3, 0.4) is 0 Å². The second-order valence-electron chi connectivity index (χ2n) is 4.40.